The number of para-hydroxylation sites is 1. The fraction of sp³-hybridized carbons (Fsp3) is 0.500. The highest BCUT2D eigenvalue weighted by Gasteiger charge is 2.32. The van der Waals surface area contributed by atoms with Crippen molar-refractivity contribution >= 4 is 5.91 Å². The van der Waals surface area contributed by atoms with Crippen molar-refractivity contribution < 1.29 is 14.3 Å². The third-order valence-electron chi connectivity index (χ3n) is 3.47. The van der Waals surface area contributed by atoms with Crippen LogP contribution in [0.25, 0.3) is 0 Å². The molecule has 1 aromatic rings. The Bertz CT molecular complexity index is 486. The quantitative estimate of drug-likeness (QED) is 0.876. The van der Waals surface area contributed by atoms with Crippen molar-refractivity contribution in [3.8, 4) is 11.5 Å². The van der Waals surface area contributed by atoms with E-state index in [1.54, 1.807) is 0 Å². The van der Waals surface area contributed by atoms with Crippen molar-refractivity contribution in [2.75, 3.05) is 19.8 Å². The topological polar surface area (TPSA) is 64.8 Å². The van der Waals surface area contributed by atoms with E-state index >= 15 is 0 Å². The van der Waals surface area contributed by atoms with Gasteiger partial charge in [-0.2, -0.15) is 0 Å². The summed E-state index contributed by atoms with van der Waals surface area (Å²) < 4.78 is 11.2. The van der Waals surface area contributed by atoms with Gasteiger partial charge in [0.1, 0.15) is 13.2 Å². The lowest BCUT2D eigenvalue weighted by atomic mass is 10.1. The average Bonchev–Trinajstić information content (AvgIpc) is 3.28. The summed E-state index contributed by atoms with van der Waals surface area (Å²) in [7, 11) is 0. The van der Waals surface area contributed by atoms with E-state index in [-0.39, 0.29) is 12.5 Å². The molecule has 0 spiro atoms. The minimum atomic E-state index is -0.00293. The van der Waals surface area contributed by atoms with Gasteiger partial charge in [0.25, 0.3) is 0 Å². The Labute approximate surface area is 112 Å². The van der Waals surface area contributed by atoms with Crippen LogP contribution in [-0.2, 0) is 11.3 Å². The third kappa shape index (κ3) is 2.51. The highest BCUT2D eigenvalue weighted by molar-refractivity contribution is 5.78. The Morgan fingerprint density at radius 3 is 2.84 bits per heavy atom. The molecule has 1 aromatic carbocycles. The Morgan fingerprint density at radius 1 is 1.32 bits per heavy atom. The maximum absolute atomic E-state index is 11.9. The molecule has 5 nitrogen and oxygen atoms in total. The van der Waals surface area contributed by atoms with Crippen molar-refractivity contribution in [1.29, 1.82) is 0 Å². The van der Waals surface area contributed by atoms with Crippen molar-refractivity contribution in [1.82, 2.24) is 4.90 Å². The predicted octanol–water partition coefficient (Wildman–Crippen LogP) is 0.907. The van der Waals surface area contributed by atoms with E-state index in [4.69, 9.17) is 15.2 Å². The van der Waals surface area contributed by atoms with E-state index in [1.807, 2.05) is 23.1 Å². The molecule has 1 fully saturated rings. The Balaban J connectivity index is 1.83. The van der Waals surface area contributed by atoms with E-state index in [0.717, 1.165) is 29.9 Å². The molecule has 2 N–H and O–H groups in total. The first-order valence-electron chi connectivity index (χ1n) is 6.66. The normalized spacial score (nSPS) is 17.1. The van der Waals surface area contributed by atoms with Gasteiger partial charge in [-0.05, 0) is 18.9 Å². The second-order valence-corrected chi connectivity index (χ2v) is 4.90. The number of fused-ring (bicyclic) bond motifs is 1. The molecule has 0 unspecified atom stereocenters. The monoisotopic (exact) mass is 262 g/mol. The number of rotatable bonds is 4. The van der Waals surface area contributed by atoms with Crippen LogP contribution >= 0.6 is 0 Å². The summed E-state index contributed by atoms with van der Waals surface area (Å²) in [5, 5.41) is 0. The first kappa shape index (κ1) is 12.3. The number of nitrogens with zero attached hydrogens (tertiary/aromatic N) is 1. The van der Waals surface area contributed by atoms with E-state index in [1.165, 1.54) is 0 Å². The minimum Gasteiger partial charge on any atom is -0.486 e. The summed E-state index contributed by atoms with van der Waals surface area (Å²) in [6, 6.07) is 6.15. The number of benzene rings is 1. The predicted molar refractivity (Wildman–Crippen MR) is 70.1 cm³/mol. The van der Waals surface area contributed by atoms with Crippen molar-refractivity contribution in [3.05, 3.63) is 23.8 Å². The largest absolute Gasteiger partial charge is 0.486 e. The molecule has 1 amide bonds. The molecule has 19 heavy (non-hydrogen) atoms. The number of ether oxygens (including phenoxy) is 2. The van der Waals surface area contributed by atoms with Gasteiger partial charge in [0, 0.05) is 18.2 Å². The van der Waals surface area contributed by atoms with Crippen LogP contribution in [-0.4, -0.2) is 36.6 Å². The Morgan fingerprint density at radius 2 is 2.11 bits per heavy atom. The van der Waals surface area contributed by atoms with Gasteiger partial charge in [0.05, 0.1) is 6.54 Å². The Kier molecular flexibility index (Phi) is 3.29. The zero-order valence-electron chi connectivity index (χ0n) is 10.8. The van der Waals surface area contributed by atoms with E-state index in [0.29, 0.717) is 25.8 Å². The molecule has 102 valence electrons. The molecule has 0 saturated heterocycles. The standard InChI is InChI=1S/C14H18N2O3/c15-8-13(17)16(11-4-5-11)9-10-2-1-3-12-14(10)19-7-6-18-12/h1-3,11H,4-9,15H2. The van der Waals surface area contributed by atoms with E-state index in [2.05, 4.69) is 0 Å². The maximum Gasteiger partial charge on any atom is 0.236 e. The van der Waals surface area contributed by atoms with Gasteiger partial charge in [0.2, 0.25) is 5.91 Å². The molecule has 2 aliphatic rings. The molecule has 5 heteroatoms. The summed E-state index contributed by atoms with van der Waals surface area (Å²) in [6.07, 6.45) is 2.14. The van der Waals surface area contributed by atoms with Crippen LogP contribution in [0.3, 0.4) is 0 Å². The zero-order chi connectivity index (χ0) is 13.2. The van der Waals surface area contributed by atoms with Gasteiger partial charge >= 0.3 is 0 Å². The second kappa shape index (κ2) is 5.09. The number of amides is 1. The summed E-state index contributed by atoms with van der Waals surface area (Å²) in [4.78, 5) is 13.7. The summed E-state index contributed by atoms with van der Waals surface area (Å²) >= 11 is 0. The molecule has 0 radical (unpaired) electrons. The molecule has 1 aliphatic heterocycles. The van der Waals surface area contributed by atoms with Crippen LogP contribution in [0, 0.1) is 0 Å². The average molecular weight is 262 g/mol. The number of hydrogen-bond donors (Lipinski definition) is 1. The Hall–Kier alpha value is -1.75. The van der Waals surface area contributed by atoms with Crippen LogP contribution in [0.15, 0.2) is 18.2 Å². The SMILES string of the molecule is NCC(=O)N(Cc1cccc2c1OCCO2)C1CC1. The number of carbonyl (C=O) groups is 1. The van der Waals surface area contributed by atoms with Gasteiger partial charge in [0.15, 0.2) is 11.5 Å². The lowest BCUT2D eigenvalue weighted by molar-refractivity contribution is -0.130. The molecule has 1 saturated carbocycles. The summed E-state index contributed by atoms with van der Waals surface area (Å²) in [5.74, 6) is 1.53. The smallest absolute Gasteiger partial charge is 0.236 e. The van der Waals surface area contributed by atoms with Gasteiger partial charge < -0.3 is 20.1 Å². The van der Waals surface area contributed by atoms with Gasteiger partial charge in [-0.1, -0.05) is 12.1 Å². The van der Waals surface area contributed by atoms with Gasteiger partial charge in [-0.3, -0.25) is 4.79 Å². The fourth-order valence-electron chi connectivity index (χ4n) is 2.37. The zero-order valence-corrected chi connectivity index (χ0v) is 10.8. The maximum atomic E-state index is 11.9. The highest BCUT2D eigenvalue weighted by Crippen LogP contribution is 2.36. The number of hydrogen-bond acceptors (Lipinski definition) is 4. The molecular formula is C14H18N2O3. The number of nitrogens with two attached hydrogens (primary N) is 1. The number of carbonyl (C=O) groups excluding carboxylic acids is 1. The molecular weight excluding hydrogens is 244 g/mol. The summed E-state index contributed by atoms with van der Waals surface area (Å²) in [6.45, 7) is 1.74. The molecule has 3 rings (SSSR count). The van der Waals surface area contributed by atoms with Crippen molar-refractivity contribution in [3.63, 3.8) is 0 Å². The first-order valence-corrected chi connectivity index (χ1v) is 6.66. The lowest BCUT2D eigenvalue weighted by Gasteiger charge is -2.26. The third-order valence-corrected chi connectivity index (χ3v) is 3.47. The van der Waals surface area contributed by atoms with E-state index in [9.17, 15) is 4.79 Å². The fourth-order valence-corrected chi connectivity index (χ4v) is 2.37. The van der Waals surface area contributed by atoms with Crippen LogP contribution in [0.1, 0.15) is 18.4 Å². The molecule has 0 atom stereocenters. The lowest BCUT2D eigenvalue weighted by Crippen LogP contribution is -2.37. The molecule has 0 aromatic heterocycles. The minimum absolute atomic E-state index is 0.00293. The van der Waals surface area contributed by atoms with Crippen LogP contribution in [0.5, 0.6) is 11.5 Å². The van der Waals surface area contributed by atoms with Crippen LogP contribution in [0.4, 0.5) is 0 Å². The van der Waals surface area contributed by atoms with E-state index < -0.39 is 0 Å². The van der Waals surface area contributed by atoms with Crippen LogP contribution in [0.2, 0.25) is 0 Å². The van der Waals surface area contributed by atoms with Gasteiger partial charge in [-0.15, -0.1) is 0 Å². The first-order chi connectivity index (χ1) is 9.29. The van der Waals surface area contributed by atoms with Crippen LogP contribution < -0.4 is 15.2 Å². The molecule has 0 bridgehead atoms. The molecule has 1 aliphatic carbocycles. The highest BCUT2D eigenvalue weighted by atomic mass is 16.6. The van der Waals surface area contributed by atoms with Gasteiger partial charge in [-0.25, -0.2) is 0 Å². The van der Waals surface area contributed by atoms with Crippen molar-refractivity contribution in [2.24, 2.45) is 5.73 Å². The molecule has 1 heterocycles. The van der Waals surface area contributed by atoms with Crippen molar-refractivity contribution in [2.45, 2.75) is 25.4 Å². The second-order valence-electron chi connectivity index (χ2n) is 4.90. The summed E-state index contributed by atoms with van der Waals surface area (Å²) in [5.41, 5.74) is 6.47.